The van der Waals surface area contributed by atoms with Gasteiger partial charge in [-0.1, -0.05) is 293 Å². The van der Waals surface area contributed by atoms with Gasteiger partial charge < -0.3 is 9.80 Å². The Morgan fingerprint density at radius 2 is 0.307 bits per heavy atom. The highest BCUT2D eigenvalue weighted by Crippen LogP contribution is 2.48. The maximum Gasteiger partial charge on any atom is 0.0775 e. The van der Waals surface area contributed by atoms with Crippen LogP contribution in [-0.2, 0) is 0 Å². The maximum absolute atomic E-state index is 2.42. The van der Waals surface area contributed by atoms with Crippen LogP contribution in [0.25, 0.3) is 87.6 Å². The quantitative estimate of drug-likeness (QED) is 0.0791. The second-order valence-electron chi connectivity index (χ2n) is 28.2. The third kappa shape index (κ3) is 11.1. The lowest BCUT2D eigenvalue weighted by Gasteiger charge is -2.28. The zero-order valence-electron chi connectivity index (χ0n) is 53.3. The van der Waals surface area contributed by atoms with Crippen molar-refractivity contribution in [2.45, 2.75) is 78.6 Å². The van der Waals surface area contributed by atoms with E-state index >= 15 is 0 Å². The molecule has 88 heavy (non-hydrogen) atoms. The summed E-state index contributed by atoms with van der Waals surface area (Å²) < 4.78 is 0. The topological polar surface area (TPSA) is 6.48 Å². The van der Waals surface area contributed by atoms with Gasteiger partial charge in [0, 0.05) is 34.1 Å². The molecule has 0 aliphatic carbocycles. The molecule has 0 amide bonds. The summed E-state index contributed by atoms with van der Waals surface area (Å²) in [6, 6.07) is 102. The lowest BCUT2D eigenvalue weighted by molar-refractivity contribution is 1.29. The summed E-state index contributed by atoms with van der Waals surface area (Å²) in [7, 11) is -5.92. The Morgan fingerprint density at radius 1 is 0.170 bits per heavy atom. The molecular formula is C82H80N2Si4. The molecule has 2 nitrogen and oxygen atoms in total. The molecule has 0 aromatic heterocycles. The monoisotopic (exact) mass is 1200 g/mol. The molecule has 0 bridgehead atoms. The first kappa shape index (κ1) is 58.4. The average Bonchev–Trinajstić information content (AvgIpc) is 0.916. The van der Waals surface area contributed by atoms with Crippen molar-refractivity contribution >= 4 is 130 Å². The summed E-state index contributed by atoms with van der Waals surface area (Å²) in [6.45, 7) is 29.0. The highest BCUT2D eigenvalue weighted by atomic mass is 28.3. The number of hydrogen-bond donors (Lipinski definition) is 0. The van der Waals surface area contributed by atoms with E-state index in [-0.39, 0.29) is 0 Å². The van der Waals surface area contributed by atoms with Crippen LogP contribution in [0, 0.1) is 0 Å². The summed E-state index contributed by atoms with van der Waals surface area (Å²) >= 11 is 0. The van der Waals surface area contributed by atoms with Gasteiger partial charge in [0.15, 0.2) is 0 Å². The molecule has 13 aromatic carbocycles. The fraction of sp³-hybridized carbons (Fsp3) is 0.146. The third-order valence-corrected chi connectivity index (χ3v) is 26.4. The SMILES string of the molecule is C[Si](C)(C)c1ccc(N(c2ccc(-c3c4ccccc4c(-c4ccc(-c5c6ccccc6c(-c6ccc(N(c7ccc([Si](C)(C)C)cc7)c7ccc([Si](C)(C)C)cc7)cc6)c6ccccc56)cc4)c4ccccc34)cc2)c2ccc([Si](C)(C)C)cc2)cc1. The van der Waals surface area contributed by atoms with Crippen molar-refractivity contribution in [1.29, 1.82) is 0 Å². The first-order valence-electron chi connectivity index (χ1n) is 31.4. The second-order valence-corrected chi connectivity index (χ2v) is 48.5. The van der Waals surface area contributed by atoms with E-state index in [9.17, 15) is 0 Å². The molecular weight excluding hydrogens is 1130 g/mol. The number of hydrogen-bond acceptors (Lipinski definition) is 2. The largest absolute Gasteiger partial charge is 0.311 e. The Hall–Kier alpha value is -8.63. The van der Waals surface area contributed by atoms with E-state index in [1.165, 1.54) is 131 Å². The summed E-state index contributed by atoms with van der Waals surface area (Å²) in [5, 5.41) is 15.8. The van der Waals surface area contributed by atoms with Crippen molar-refractivity contribution in [2.75, 3.05) is 9.80 Å². The van der Waals surface area contributed by atoms with Crippen LogP contribution >= 0.6 is 0 Å². The Balaban J connectivity index is 0.871. The minimum atomic E-state index is -1.48. The van der Waals surface area contributed by atoms with Crippen molar-refractivity contribution in [3.63, 3.8) is 0 Å². The molecule has 0 heterocycles. The Kier molecular flexibility index (Phi) is 15.1. The van der Waals surface area contributed by atoms with Crippen molar-refractivity contribution in [3.05, 3.63) is 267 Å². The number of rotatable bonds is 14. The van der Waals surface area contributed by atoms with Crippen molar-refractivity contribution in [1.82, 2.24) is 0 Å². The first-order chi connectivity index (χ1) is 42.2. The Morgan fingerprint density at radius 3 is 0.455 bits per heavy atom. The van der Waals surface area contributed by atoms with E-state index in [0.29, 0.717) is 0 Å². The van der Waals surface area contributed by atoms with Crippen LogP contribution in [0.2, 0.25) is 78.6 Å². The lowest BCUT2D eigenvalue weighted by Crippen LogP contribution is -2.37. The van der Waals surface area contributed by atoms with Gasteiger partial charge in [-0.15, -0.1) is 0 Å². The van der Waals surface area contributed by atoms with Crippen LogP contribution in [0.5, 0.6) is 0 Å². The molecule has 0 saturated carbocycles. The summed E-state index contributed by atoms with van der Waals surface area (Å²) in [6.07, 6.45) is 0. The van der Waals surface area contributed by atoms with Crippen molar-refractivity contribution < 1.29 is 0 Å². The molecule has 6 heteroatoms. The normalized spacial score (nSPS) is 12.3. The summed E-state index contributed by atoms with van der Waals surface area (Å²) in [4.78, 5) is 4.84. The molecule has 0 N–H and O–H groups in total. The molecule has 434 valence electrons. The van der Waals surface area contributed by atoms with Crippen molar-refractivity contribution in [2.24, 2.45) is 0 Å². The maximum atomic E-state index is 2.42. The van der Waals surface area contributed by atoms with Gasteiger partial charge in [-0.3, -0.25) is 0 Å². The highest BCUT2D eigenvalue weighted by Gasteiger charge is 2.25. The zero-order chi connectivity index (χ0) is 61.3. The van der Waals surface area contributed by atoms with Gasteiger partial charge in [0.05, 0.1) is 32.3 Å². The molecule has 0 spiro atoms. The van der Waals surface area contributed by atoms with Gasteiger partial charge in [-0.05, 0) is 160 Å². The third-order valence-electron chi connectivity index (χ3n) is 18.1. The van der Waals surface area contributed by atoms with E-state index in [1.807, 2.05) is 0 Å². The molecule has 0 fully saturated rings. The number of benzene rings is 13. The Bertz CT molecular complexity index is 4170. The highest BCUT2D eigenvalue weighted by molar-refractivity contribution is 6.90. The van der Waals surface area contributed by atoms with Crippen LogP contribution in [-0.4, -0.2) is 32.3 Å². The second kappa shape index (κ2) is 22.8. The summed E-state index contributed by atoms with van der Waals surface area (Å²) in [5.41, 5.74) is 16.8. The smallest absolute Gasteiger partial charge is 0.0775 e. The van der Waals surface area contributed by atoms with Gasteiger partial charge in [-0.2, -0.15) is 0 Å². The Labute approximate surface area is 526 Å². The van der Waals surface area contributed by atoms with Gasteiger partial charge in [-0.25, -0.2) is 0 Å². The predicted molar refractivity (Wildman–Crippen MR) is 399 cm³/mol. The molecule has 0 saturated heterocycles. The fourth-order valence-corrected chi connectivity index (χ4v) is 17.9. The van der Waals surface area contributed by atoms with Crippen molar-refractivity contribution in [3.8, 4) is 44.5 Å². The number of anilines is 6. The lowest BCUT2D eigenvalue weighted by atomic mass is 9.84. The van der Waals surface area contributed by atoms with E-state index < -0.39 is 32.3 Å². The molecule has 13 rings (SSSR count). The minimum absolute atomic E-state index is 1.14. The van der Waals surface area contributed by atoms with Crippen LogP contribution < -0.4 is 30.5 Å². The molecule has 0 aliphatic heterocycles. The van der Waals surface area contributed by atoms with Crippen LogP contribution in [0.4, 0.5) is 34.1 Å². The van der Waals surface area contributed by atoms with Crippen LogP contribution in [0.15, 0.2) is 267 Å². The van der Waals surface area contributed by atoms with Crippen LogP contribution in [0.1, 0.15) is 0 Å². The van der Waals surface area contributed by atoms with E-state index in [0.717, 1.165) is 11.4 Å². The molecule has 0 unspecified atom stereocenters. The van der Waals surface area contributed by atoms with E-state index in [1.54, 1.807) is 0 Å². The molecule has 13 aromatic rings. The summed E-state index contributed by atoms with van der Waals surface area (Å²) in [5.74, 6) is 0. The van der Waals surface area contributed by atoms with E-state index in [2.05, 4.69) is 355 Å². The van der Waals surface area contributed by atoms with Gasteiger partial charge in [0.2, 0.25) is 0 Å². The van der Waals surface area contributed by atoms with Crippen LogP contribution in [0.3, 0.4) is 0 Å². The zero-order valence-corrected chi connectivity index (χ0v) is 57.3. The minimum Gasteiger partial charge on any atom is -0.311 e. The van der Waals surface area contributed by atoms with Gasteiger partial charge >= 0.3 is 0 Å². The number of nitrogens with zero attached hydrogens (tertiary/aromatic N) is 2. The van der Waals surface area contributed by atoms with E-state index in [4.69, 9.17) is 0 Å². The number of fused-ring (bicyclic) bond motifs is 4. The fourth-order valence-electron chi connectivity index (χ4n) is 13.2. The standard InChI is InChI=1S/C82H80N2Si4/c1-85(2,3)67-49-41-63(42-50-67)83(64-43-51-68(52-44-64)86(4,5)6)61-37-33-59(34-38-61)81-75-25-17-13-21-71(75)79(72-22-14-18-26-76(72)81)57-29-31-58(32-30-57)80-73-23-15-19-27-77(73)82(78-28-20-16-24-74(78)80)60-35-39-62(40-36-60)84(65-45-53-69(54-46-65)87(7,8)9)66-47-55-70(56-48-66)88(10,11)12/h13-56H,1-12H3. The van der Waals surface area contributed by atoms with Gasteiger partial charge in [0.1, 0.15) is 0 Å². The molecule has 0 aliphatic rings. The van der Waals surface area contributed by atoms with Gasteiger partial charge in [0.25, 0.3) is 0 Å². The molecule has 0 radical (unpaired) electrons. The predicted octanol–water partition coefficient (Wildman–Crippen LogP) is 22.1. The first-order valence-corrected chi connectivity index (χ1v) is 45.4. The average molecular weight is 1210 g/mol. The molecule has 0 atom stereocenters.